The second kappa shape index (κ2) is 11.6. The molecule has 2 N–H and O–H groups in total. The smallest absolute Gasteiger partial charge is 0.244 e. The van der Waals surface area contributed by atoms with Crippen molar-refractivity contribution in [3.8, 4) is 0 Å². The van der Waals surface area contributed by atoms with Crippen molar-refractivity contribution in [2.45, 2.75) is 16.6 Å². The maximum absolute atomic E-state index is 13.4. The summed E-state index contributed by atoms with van der Waals surface area (Å²) >= 11 is 8.82. The minimum absolute atomic E-state index is 0.111. The first-order valence-corrected chi connectivity index (χ1v) is 13.6. The van der Waals surface area contributed by atoms with Crippen LogP contribution in [0.3, 0.4) is 0 Å². The predicted octanol–water partition coefficient (Wildman–Crippen LogP) is 7.60. The van der Waals surface area contributed by atoms with E-state index in [4.69, 9.17) is 11.6 Å². The van der Waals surface area contributed by atoms with Gasteiger partial charge in [-0.3, -0.25) is 9.59 Å². The molecule has 0 saturated carbocycles. The molecule has 0 saturated heterocycles. The third-order valence-corrected chi connectivity index (χ3v) is 8.00. The molecule has 2 amide bonds. The second-order valence-electron chi connectivity index (χ2n) is 8.26. The van der Waals surface area contributed by atoms with Crippen LogP contribution in [-0.2, 0) is 16.0 Å². The van der Waals surface area contributed by atoms with Crippen molar-refractivity contribution in [1.82, 2.24) is 4.98 Å². The van der Waals surface area contributed by atoms with E-state index in [0.717, 1.165) is 26.2 Å². The number of thioether (sulfide) groups is 1. The molecule has 5 aromatic rings. The molecule has 1 atom stereocenters. The summed E-state index contributed by atoms with van der Waals surface area (Å²) in [5.41, 5.74) is 3.34. The summed E-state index contributed by atoms with van der Waals surface area (Å²) in [4.78, 5) is 31.3. The quantitative estimate of drug-likeness (QED) is 0.198. The summed E-state index contributed by atoms with van der Waals surface area (Å²) in [5, 5.41) is 6.66. The summed E-state index contributed by atoms with van der Waals surface area (Å²) in [6.45, 7) is 0. The lowest BCUT2D eigenvalue weighted by Gasteiger charge is -2.16. The van der Waals surface area contributed by atoms with Crippen molar-refractivity contribution >= 4 is 67.5 Å². The van der Waals surface area contributed by atoms with E-state index in [-0.39, 0.29) is 18.2 Å². The molecule has 1 aromatic heterocycles. The number of hydrogen-bond acceptors (Lipinski definition) is 5. The molecule has 5 rings (SSSR count). The summed E-state index contributed by atoms with van der Waals surface area (Å²) in [6.07, 6.45) is 0.260. The number of benzene rings is 4. The van der Waals surface area contributed by atoms with Crippen LogP contribution in [0.2, 0.25) is 5.02 Å². The molecule has 0 aliphatic heterocycles. The zero-order chi connectivity index (χ0) is 25.6. The molecule has 184 valence electrons. The SMILES string of the molecule is O=C(Cc1ccc(Cl)cc1)Nc1ccc(SC(C(=O)Nc2nc3ccccc3s2)c2ccccc2)cc1. The highest BCUT2D eigenvalue weighted by Crippen LogP contribution is 2.37. The van der Waals surface area contributed by atoms with Crippen LogP contribution in [0.15, 0.2) is 108 Å². The number of aromatic nitrogens is 1. The Hall–Kier alpha value is -3.65. The van der Waals surface area contributed by atoms with Crippen LogP contribution in [0.1, 0.15) is 16.4 Å². The highest BCUT2D eigenvalue weighted by molar-refractivity contribution is 8.00. The molecule has 37 heavy (non-hydrogen) atoms. The molecule has 0 aliphatic carbocycles. The lowest BCUT2D eigenvalue weighted by molar-refractivity contribution is -0.116. The highest BCUT2D eigenvalue weighted by Gasteiger charge is 2.23. The topological polar surface area (TPSA) is 71.1 Å². The standard InChI is InChI=1S/C29H22ClN3O2S2/c30-21-12-10-19(11-13-21)18-26(34)31-22-14-16-23(17-15-22)36-27(20-6-2-1-3-7-20)28(35)33-29-32-24-8-4-5-9-25(24)37-29/h1-17,27H,18H2,(H,31,34)(H,32,33,35). The molecular weight excluding hydrogens is 522 g/mol. The molecule has 5 nitrogen and oxygen atoms in total. The lowest BCUT2D eigenvalue weighted by Crippen LogP contribution is -2.19. The Balaban J connectivity index is 1.27. The average Bonchev–Trinajstić information content (AvgIpc) is 3.32. The molecule has 0 aliphatic rings. The fraction of sp³-hybridized carbons (Fsp3) is 0.0690. The van der Waals surface area contributed by atoms with E-state index in [0.29, 0.717) is 15.8 Å². The van der Waals surface area contributed by atoms with E-state index in [2.05, 4.69) is 15.6 Å². The van der Waals surface area contributed by atoms with Crippen molar-refractivity contribution in [3.05, 3.63) is 119 Å². The maximum Gasteiger partial charge on any atom is 0.244 e. The van der Waals surface area contributed by atoms with E-state index < -0.39 is 5.25 Å². The number of nitrogens with one attached hydrogen (secondary N) is 2. The van der Waals surface area contributed by atoms with Gasteiger partial charge in [0.15, 0.2) is 5.13 Å². The van der Waals surface area contributed by atoms with Crippen molar-refractivity contribution in [1.29, 1.82) is 0 Å². The van der Waals surface area contributed by atoms with Crippen LogP contribution < -0.4 is 10.6 Å². The minimum Gasteiger partial charge on any atom is -0.326 e. The lowest BCUT2D eigenvalue weighted by atomic mass is 10.1. The zero-order valence-electron chi connectivity index (χ0n) is 19.6. The number of hydrogen-bond donors (Lipinski definition) is 2. The van der Waals surface area contributed by atoms with E-state index in [1.807, 2.05) is 91.0 Å². The number of rotatable bonds is 8. The third-order valence-electron chi connectivity index (χ3n) is 5.53. The molecule has 0 spiro atoms. The number of carbonyl (C=O) groups excluding carboxylic acids is 2. The molecule has 0 bridgehead atoms. The largest absolute Gasteiger partial charge is 0.326 e. The predicted molar refractivity (Wildman–Crippen MR) is 154 cm³/mol. The average molecular weight is 544 g/mol. The Labute approximate surface area is 227 Å². The first-order chi connectivity index (χ1) is 18.0. The van der Waals surface area contributed by atoms with Crippen LogP contribution in [0.25, 0.3) is 10.2 Å². The monoisotopic (exact) mass is 543 g/mol. The van der Waals surface area contributed by atoms with Crippen LogP contribution in [0, 0.1) is 0 Å². The van der Waals surface area contributed by atoms with Gasteiger partial charge in [0.25, 0.3) is 0 Å². The maximum atomic E-state index is 13.4. The fourth-order valence-corrected chi connectivity index (χ4v) is 5.76. The number of para-hydroxylation sites is 1. The number of anilines is 2. The summed E-state index contributed by atoms with van der Waals surface area (Å²) in [6, 6.07) is 32.2. The summed E-state index contributed by atoms with van der Waals surface area (Å²) in [7, 11) is 0. The van der Waals surface area contributed by atoms with Gasteiger partial charge in [-0.2, -0.15) is 0 Å². The van der Waals surface area contributed by atoms with Crippen molar-refractivity contribution in [2.24, 2.45) is 0 Å². The minimum atomic E-state index is -0.474. The Morgan fingerprint density at radius 1 is 0.838 bits per heavy atom. The van der Waals surface area contributed by atoms with Crippen molar-refractivity contribution in [3.63, 3.8) is 0 Å². The number of halogens is 1. The number of nitrogens with zero attached hydrogens (tertiary/aromatic N) is 1. The number of amides is 2. The van der Waals surface area contributed by atoms with Gasteiger partial charge in [-0.25, -0.2) is 4.98 Å². The number of carbonyl (C=O) groups is 2. The highest BCUT2D eigenvalue weighted by atomic mass is 35.5. The van der Waals surface area contributed by atoms with Crippen LogP contribution in [0.4, 0.5) is 10.8 Å². The summed E-state index contributed by atoms with van der Waals surface area (Å²) in [5.74, 6) is -0.254. The Bertz CT molecular complexity index is 1490. The zero-order valence-corrected chi connectivity index (χ0v) is 21.9. The fourth-order valence-electron chi connectivity index (χ4n) is 3.74. The van der Waals surface area contributed by atoms with Gasteiger partial charge in [-0.1, -0.05) is 77.5 Å². The molecule has 0 fully saturated rings. The summed E-state index contributed by atoms with van der Waals surface area (Å²) < 4.78 is 1.02. The number of thiazole rings is 1. The Kier molecular flexibility index (Phi) is 7.84. The Morgan fingerprint density at radius 3 is 2.27 bits per heavy atom. The van der Waals surface area contributed by atoms with Crippen molar-refractivity contribution in [2.75, 3.05) is 10.6 Å². The third kappa shape index (κ3) is 6.57. The van der Waals surface area contributed by atoms with Crippen LogP contribution in [-0.4, -0.2) is 16.8 Å². The number of fused-ring (bicyclic) bond motifs is 1. The van der Waals surface area contributed by atoms with Gasteiger partial charge in [0.1, 0.15) is 5.25 Å². The van der Waals surface area contributed by atoms with E-state index in [9.17, 15) is 9.59 Å². The Morgan fingerprint density at radius 2 is 1.54 bits per heavy atom. The van der Waals surface area contributed by atoms with E-state index in [1.165, 1.54) is 23.1 Å². The molecule has 1 heterocycles. The van der Waals surface area contributed by atoms with Gasteiger partial charge in [-0.05, 0) is 59.7 Å². The van der Waals surface area contributed by atoms with Gasteiger partial charge < -0.3 is 10.6 Å². The van der Waals surface area contributed by atoms with Gasteiger partial charge in [-0.15, -0.1) is 11.8 Å². The molecule has 0 radical (unpaired) electrons. The van der Waals surface area contributed by atoms with Crippen LogP contribution in [0.5, 0.6) is 0 Å². The first-order valence-electron chi connectivity index (χ1n) is 11.6. The van der Waals surface area contributed by atoms with Crippen molar-refractivity contribution < 1.29 is 9.59 Å². The van der Waals surface area contributed by atoms with Gasteiger partial charge in [0.2, 0.25) is 11.8 Å². The van der Waals surface area contributed by atoms with Gasteiger partial charge in [0.05, 0.1) is 16.6 Å². The molecule has 8 heteroatoms. The molecule has 4 aromatic carbocycles. The first kappa shape index (κ1) is 25.0. The van der Waals surface area contributed by atoms with Crippen LogP contribution >= 0.6 is 34.7 Å². The van der Waals surface area contributed by atoms with Gasteiger partial charge in [0, 0.05) is 15.6 Å². The molecular formula is C29H22ClN3O2S2. The normalized spacial score (nSPS) is 11.7. The second-order valence-corrected chi connectivity index (χ2v) is 10.9. The van der Waals surface area contributed by atoms with E-state index in [1.54, 1.807) is 12.1 Å². The van der Waals surface area contributed by atoms with Gasteiger partial charge >= 0.3 is 0 Å². The molecule has 1 unspecified atom stereocenters. The van der Waals surface area contributed by atoms with E-state index >= 15 is 0 Å².